The number of fused-ring (bicyclic) bond motifs is 1. The largest absolute Gasteiger partial charge is 0.465 e. The quantitative estimate of drug-likeness (QED) is 0.645. The minimum Gasteiger partial charge on any atom is -0.465 e. The highest BCUT2D eigenvalue weighted by atomic mass is 32.2. The molecule has 1 aliphatic heterocycles. The molecule has 0 atom stereocenters. The average molecular weight is 361 g/mol. The lowest BCUT2D eigenvalue weighted by atomic mass is 10.3. The number of hydrogen-bond acceptors (Lipinski definition) is 7. The smallest absolute Gasteiger partial charge is 0.351 e. The van der Waals surface area contributed by atoms with E-state index in [1.807, 2.05) is 0 Å². The van der Waals surface area contributed by atoms with E-state index in [2.05, 4.69) is 10.1 Å². The Morgan fingerprint density at radius 1 is 1.12 bits per heavy atom. The molecule has 0 radical (unpaired) electrons. The van der Waals surface area contributed by atoms with Gasteiger partial charge in [0.15, 0.2) is 16.4 Å². The van der Waals surface area contributed by atoms with Crippen LogP contribution in [0.5, 0.6) is 11.5 Å². The molecule has 3 rings (SSSR count). The highest BCUT2D eigenvalue weighted by Gasteiger charge is 2.28. The lowest BCUT2D eigenvalue weighted by Gasteiger charge is -2.09. The normalized spacial score (nSPS) is 13.4. The van der Waals surface area contributed by atoms with Gasteiger partial charge in [0.05, 0.1) is 12.0 Å². The van der Waals surface area contributed by atoms with Crippen molar-refractivity contribution in [2.75, 3.05) is 19.2 Å². The van der Waals surface area contributed by atoms with Gasteiger partial charge in [0.25, 0.3) is 0 Å². The van der Waals surface area contributed by atoms with Gasteiger partial charge in [0, 0.05) is 18.0 Å². The molecule has 0 saturated carbocycles. The highest BCUT2D eigenvalue weighted by molar-refractivity contribution is 7.96. The van der Waals surface area contributed by atoms with Gasteiger partial charge >= 0.3 is 5.97 Å². The van der Waals surface area contributed by atoms with Crippen molar-refractivity contribution < 1.29 is 27.4 Å². The molecule has 0 fully saturated rings. The number of carbonyl (C=O) groups is 1. The Balaban J connectivity index is 1.93. The van der Waals surface area contributed by atoms with Crippen LogP contribution in [0, 0.1) is 0 Å². The Morgan fingerprint density at radius 2 is 1.84 bits per heavy atom. The van der Waals surface area contributed by atoms with Gasteiger partial charge in [0.2, 0.25) is 16.6 Å². The number of rotatable bonds is 5. The summed E-state index contributed by atoms with van der Waals surface area (Å²) in [7, 11) is -2.90. The number of sulfone groups is 1. The highest BCUT2D eigenvalue weighted by Crippen LogP contribution is 2.34. The molecule has 130 valence electrons. The van der Waals surface area contributed by atoms with Crippen LogP contribution < -0.4 is 14.8 Å². The molecule has 0 bridgehead atoms. The van der Waals surface area contributed by atoms with Crippen LogP contribution in [-0.4, -0.2) is 28.3 Å². The lowest BCUT2D eigenvalue weighted by Crippen LogP contribution is -2.16. The number of ether oxygens (including phenoxy) is 3. The Labute approximate surface area is 144 Å². The van der Waals surface area contributed by atoms with E-state index in [0.29, 0.717) is 17.2 Å². The number of nitrogens with one attached hydrogen (secondary N) is 1. The fourth-order valence-electron chi connectivity index (χ4n) is 2.21. The van der Waals surface area contributed by atoms with Gasteiger partial charge in [-0.25, -0.2) is 13.2 Å². The van der Waals surface area contributed by atoms with Crippen molar-refractivity contribution in [1.82, 2.24) is 0 Å². The number of hydrogen-bond donors (Lipinski definition) is 1. The van der Waals surface area contributed by atoms with Crippen LogP contribution in [-0.2, 0) is 19.4 Å². The molecule has 0 amide bonds. The molecule has 1 heterocycles. The zero-order chi connectivity index (χ0) is 17.9. The van der Waals surface area contributed by atoms with Crippen molar-refractivity contribution in [3.05, 3.63) is 59.6 Å². The number of esters is 1. The van der Waals surface area contributed by atoms with Gasteiger partial charge in [-0.3, -0.25) is 0 Å². The minimum absolute atomic E-state index is 0.000799. The molecule has 0 aliphatic carbocycles. The van der Waals surface area contributed by atoms with E-state index in [9.17, 15) is 13.2 Å². The summed E-state index contributed by atoms with van der Waals surface area (Å²) in [5.41, 5.74) is 0.536. The van der Waals surface area contributed by atoms with Crippen LogP contribution in [0.1, 0.15) is 0 Å². The van der Waals surface area contributed by atoms with Crippen molar-refractivity contribution in [3.63, 3.8) is 0 Å². The molecule has 1 N–H and O–H groups in total. The summed E-state index contributed by atoms with van der Waals surface area (Å²) < 4.78 is 40.5. The summed E-state index contributed by atoms with van der Waals surface area (Å²) in [5.74, 6) is 0.167. The summed E-state index contributed by atoms with van der Waals surface area (Å²) in [4.78, 5) is 11.5. The van der Waals surface area contributed by atoms with Crippen molar-refractivity contribution in [2.45, 2.75) is 4.90 Å². The van der Waals surface area contributed by atoms with Gasteiger partial charge in [0.1, 0.15) is 0 Å². The van der Waals surface area contributed by atoms with Crippen molar-refractivity contribution in [1.29, 1.82) is 0 Å². The Morgan fingerprint density at radius 3 is 2.56 bits per heavy atom. The third-order valence-corrected chi connectivity index (χ3v) is 5.23. The second-order valence-corrected chi connectivity index (χ2v) is 6.95. The summed E-state index contributed by atoms with van der Waals surface area (Å²) in [6, 6.07) is 12.7. The molecular formula is C17H15NO6S. The van der Waals surface area contributed by atoms with E-state index in [-0.39, 0.29) is 11.7 Å². The third-order valence-electron chi connectivity index (χ3n) is 3.47. The maximum Gasteiger partial charge on any atom is 0.351 e. The number of methoxy groups -OCH3 is 1. The third kappa shape index (κ3) is 3.43. The zero-order valence-electron chi connectivity index (χ0n) is 13.3. The Bertz CT molecular complexity index is 921. The summed E-state index contributed by atoms with van der Waals surface area (Å²) in [6.45, 7) is 0.129. The molecule has 7 nitrogen and oxygen atoms in total. The molecule has 1 aliphatic rings. The van der Waals surface area contributed by atoms with Crippen LogP contribution in [0.3, 0.4) is 0 Å². The first-order valence-electron chi connectivity index (χ1n) is 7.27. The first-order valence-corrected chi connectivity index (χ1v) is 8.75. The van der Waals surface area contributed by atoms with Crippen LogP contribution in [0.2, 0.25) is 0 Å². The monoisotopic (exact) mass is 361 g/mol. The van der Waals surface area contributed by atoms with E-state index in [1.165, 1.54) is 12.1 Å². The maximum absolute atomic E-state index is 12.7. The van der Waals surface area contributed by atoms with Gasteiger partial charge in [-0.05, 0) is 24.3 Å². The topological polar surface area (TPSA) is 90.9 Å². The Kier molecular flexibility index (Phi) is 4.62. The van der Waals surface area contributed by atoms with E-state index in [0.717, 1.165) is 13.3 Å². The molecule has 0 saturated heterocycles. The number of benzene rings is 2. The van der Waals surface area contributed by atoms with Crippen LogP contribution in [0.4, 0.5) is 5.69 Å². The SMILES string of the molecule is COC(=O)/C(=C\Nc1ccc2c(c1)OCO2)S(=O)(=O)c1ccccc1. The van der Waals surface area contributed by atoms with Gasteiger partial charge in [-0.15, -0.1) is 0 Å². The molecule has 2 aromatic rings. The predicted octanol–water partition coefficient (Wildman–Crippen LogP) is 2.32. The lowest BCUT2D eigenvalue weighted by molar-refractivity contribution is -0.135. The second kappa shape index (κ2) is 6.86. The summed E-state index contributed by atoms with van der Waals surface area (Å²) in [5, 5.41) is 2.79. The fourth-order valence-corrected chi connectivity index (χ4v) is 3.49. The molecule has 25 heavy (non-hydrogen) atoms. The first kappa shape index (κ1) is 16.8. The maximum atomic E-state index is 12.7. The molecule has 0 unspecified atom stereocenters. The van der Waals surface area contributed by atoms with Crippen LogP contribution in [0.15, 0.2) is 64.5 Å². The second-order valence-electron chi connectivity index (χ2n) is 5.03. The molecule has 0 aromatic heterocycles. The van der Waals surface area contributed by atoms with Crippen molar-refractivity contribution >= 4 is 21.5 Å². The number of anilines is 1. The van der Waals surface area contributed by atoms with Crippen LogP contribution in [0.25, 0.3) is 0 Å². The number of carbonyl (C=O) groups excluding carboxylic acids is 1. The van der Waals surface area contributed by atoms with E-state index in [4.69, 9.17) is 9.47 Å². The van der Waals surface area contributed by atoms with E-state index < -0.39 is 20.7 Å². The van der Waals surface area contributed by atoms with Crippen molar-refractivity contribution in [2.24, 2.45) is 0 Å². The average Bonchev–Trinajstić information content (AvgIpc) is 3.10. The van der Waals surface area contributed by atoms with Gasteiger partial charge in [-0.1, -0.05) is 18.2 Å². The van der Waals surface area contributed by atoms with Crippen LogP contribution >= 0.6 is 0 Å². The minimum atomic E-state index is -4.03. The predicted molar refractivity (Wildman–Crippen MR) is 89.9 cm³/mol. The fraction of sp³-hybridized carbons (Fsp3) is 0.118. The Hall–Kier alpha value is -3.00. The van der Waals surface area contributed by atoms with E-state index >= 15 is 0 Å². The zero-order valence-corrected chi connectivity index (χ0v) is 14.1. The summed E-state index contributed by atoms with van der Waals surface area (Å²) in [6.07, 6.45) is 1.10. The summed E-state index contributed by atoms with van der Waals surface area (Å²) >= 11 is 0. The molecular weight excluding hydrogens is 346 g/mol. The molecule has 8 heteroatoms. The van der Waals surface area contributed by atoms with Crippen molar-refractivity contribution in [3.8, 4) is 11.5 Å². The standard InChI is InChI=1S/C17H15NO6S/c1-22-17(19)16(25(20,21)13-5-3-2-4-6-13)10-18-12-7-8-14-15(9-12)24-11-23-14/h2-10,18H,11H2,1H3/b16-10+. The van der Waals surface area contributed by atoms with E-state index in [1.54, 1.807) is 36.4 Å². The van der Waals surface area contributed by atoms with Gasteiger partial charge < -0.3 is 19.5 Å². The molecule has 2 aromatic carbocycles. The first-order chi connectivity index (χ1) is 12.0. The molecule has 0 spiro atoms. The van der Waals surface area contributed by atoms with Gasteiger partial charge in [-0.2, -0.15) is 0 Å².